The maximum Gasteiger partial charge on any atom is 0.137 e. The molecule has 0 amide bonds. The van der Waals surface area contributed by atoms with E-state index in [4.69, 9.17) is 9.72 Å². The Balaban J connectivity index is 0.863. The zero-order valence-corrected chi connectivity index (χ0v) is 45.5. The van der Waals surface area contributed by atoms with Gasteiger partial charge in [0.2, 0.25) is 0 Å². The van der Waals surface area contributed by atoms with Gasteiger partial charge in [0.15, 0.2) is 0 Å². The number of ether oxygens (including phenoxy) is 1. The molecule has 1 aliphatic heterocycles. The summed E-state index contributed by atoms with van der Waals surface area (Å²) in [6, 6.07) is 78.6. The highest BCUT2D eigenvalue weighted by Gasteiger charge is 2.58. The lowest BCUT2D eigenvalue weighted by Gasteiger charge is -2.62. The van der Waals surface area contributed by atoms with Crippen LogP contribution in [-0.2, 0) is 5.41 Å². The number of para-hydroxylation sites is 4. The molecule has 0 saturated heterocycles. The van der Waals surface area contributed by atoms with E-state index < -0.39 is 0 Å². The highest BCUT2D eigenvalue weighted by molar-refractivity contribution is 6.09. The van der Waals surface area contributed by atoms with Gasteiger partial charge in [-0.05, 0) is 183 Å². The average molecular weight is 1030 g/mol. The topological polar surface area (TPSA) is 33.5 Å². The number of nitrogens with zero attached hydrogens (tertiary/aromatic N) is 4. The van der Waals surface area contributed by atoms with Gasteiger partial charge in [-0.15, -0.1) is 0 Å². The molecule has 2 aromatic heterocycles. The molecule has 0 atom stereocenters. The Labute approximate surface area is 464 Å². The fourth-order valence-corrected chi connectivity index (χ4v) is 15.8. The predicted octanol–water partition coefficient (Wildman–Crippen LogP) is 19.2. The molecular weight excluding hydrogens is 961 g/mol. The summed E-state index contributed by atoms with van der Waals surface area (Å²) < 4.78 is 9.68. The van der Waals surface area contributed by atoms with Gasteiger partial charge in [0.05, 0.1) is 28.1 Å². The van der Waals surface area contributed by atoms with Crippen LogP contribution in [0.15, 0.2) is 219 Å². The van der Waals surface area contributed by atoms with Gasteiger partial charge in [-0.2, -0.15) is 0 Å². The van der Waals surface area contributed by atoms with E-state index in [-0.39, 0.29) is 5.41 Å². The summed E-state index contributed by atoms with van der Waals surface area (Å²) in [4.78, 5) is 10.3. The van der Waals surface area contributed by atoms with Crippen LogP contribution in [0.3, 0.4) is 0 Å². The van der Waals surface area contributed by atoms with Crippen molar-refractivity contribution in [1.29, 1.82) is 0 Å². The first-order chi connectivity index (χ1) is 38.7. The van der Waals surface area contributed by atoms with Crippen molar-refractivity contribution in [2.24, 2.45) is 23.7 Å². The molecule has 3 heterocycles. The maximum atomic E-state index is 7.29. The second-order valence-corrected chi connectivity index (χ2v) is 23.5. The Bertz CT molecular complexity index is 4050. The summed E-state index contributed by atoms with van der Waals surface area (Å²) in [7, 11) is 0. The zero-order valence-electron chi connectivity index (χ0n) is 45.5. The van der Waals surface area contributed by atoms with Crippen molar-refractivity contribution in [3.63, 3.8) is 0 Å². The molecule has 9 aromatic carbocycles. The molecule has 386 valence electrons. The third-order valence-corrected chi connectivity index (χ3v) is 18.7. The monoisotopic (exact) mass is 1020 g/mol. The summed E-state index contributed by atoms with van der Waals surface area (Å²) in [6.45, 7) is 9.48. The van der Waals surface area contributed by atoms with Gasteiger partial charge >= 0.3 is 0 Å². The number of rotatable bonds is 10. The van der Waals surface area contributed by atoms with Crippen molar-refractivity contribution >= 4 is 44.6 Å². The number of fused-ring (bicyclic) bond motifs is 4. The molecule has 0 unspecified atom stereocenters. The first-order valence-electron chi connectivity index (χ1n) is 28.6. The lowest BCUT2D eigenvalue weighted by molar-refractivity contribution is -0.0418. The molecule has 5 aliphatic rings. The van der Waals surface area contributed by atoms with Crippen LogP contribution in [0.2, 0.25) is 0 Å². The molecule has 4 fully saturated rings. The Morgan fingerprint density at radius 3 is 1.76 bits per heavy atom. The molecule has 5 nitrogen and oxygen atoms in total. The summed E-state index contributed by atoms with van der Waals surface area (Å²) in [5.41, 5.74) is 21.8. The molecule has 5 heteroatoms. The Morgan fingerprint density at radius 2 is 1.08 bits per heavy atom. The smallest absolute Gasteiger partial charge is 0.137 e. The van der Waals surface area contributed by atoms with Gasteiger partial charge < -0.3 is 14.5 Å². The highest BCUT2D eigenvalue weighted by Crippen LogP contribution is 2.65. The number of hydrogen-bond acceptors (Lipinski definition) is 4. The van der Waals surface area contributed by atoms with Crippen LogP contribution in [0.4, 0.5) is 22.7 Å². The van der Waals surface area contributed by atoms with Crippen LogP contribution in [0.5, 0.6) is 11.5 Å². The van der Waals surface area contributed by atoms with E-state index in [0.29, 0.717) is 18.5 Å². The lowest BCUT2D eigenvalue weighted by atomic mass is 9.42. The van der Waals surface area contributed by atoms with Crippen molar-refractivity contribution in [1.82, 2.24) is 9.55 Å². The van der Waals surface area contributed by atoms with E-state index >= 15 is 0 Å². The van der Waals surface area contributed by atoms with Crippen LogP contribution in [0.1, 0.15) is 65.5 Å². The minimum absolute atomic E-state index is 0.0366. The van der Waals surface area contributed by atoms with Gasteiger partial charge in [0, 0.05) is 51.3 Å². The van der Waals surface area contributed by atoms with Crippen LogP contribution < -0.4 is 14.5 Å². The number of pyridine rings is 1. The molecule has 0 N–H and O–H groups in total. The van der Waals surface area contributed by atoms with Gasteiger partial charge in [0.1, 0.15) is 24.0 Å². The zero-order chi connectivity index (χ0) is 52.9. The Morgan fingerprint density at radius 1 is 0.456 bits per heavy atom. The lowest BCUT2D eigenvalue weighted by Crippen LogP contribution is -2.56. The van der Waals surface area contributed by atoms with Gasteiger partial charge in [-0.1, -0.05) is 157 Å². The minimum atomic E-state index is -0.0366. The van der Waals surface area contributed by atoms with Gasteiger partial charge in [0.25, 0.3) is 0 Å². The number of aryl methyl sites for hydroxylation is 4. The third kappa shape index (κ3) is 7.83. The molecule has 11 aromatic rings. The first kappa shape index (κ1) is 47.5. The number of aromatic nitrogens is 2. The van der Waals surface area contributed by atoms with Crippen LogP contribution in [-0.4, -0.2) is 16.2 Å². The van der Waals surface area contributed by atoms with Crippen molar-refractivity contribution < 1.29 is 4.74 Å². The molecular formula is C74H64N4O. The number of anilines is 4. The van der Waals surface area contributed by atoms with E-state index in [2.05, 4.69) is 261 Å². The van der Waals surface area contributed by atoms with Crippen molar-refractivity contribution in [3.05, 3.63) is 252 Å². The van der Waals surface area contributed by atoms with Crippen molar-refractivity contribution in [2.45, 2.75) is 65.2 Å². The van der Waals surface area contributed by atoms with E-state index in [1.807, 2.05) is 0 Å². The van der Waals surface area contributed by atoms with E-state index in [1.165, 1.54) is 110 Å². The molecule has 4 bridgehead atoms. The second-order valence-electron chi connectivity index (χ2n) is 23.5. The van der Waals surface area contributed by atoms with Crippen LogP contribution >= 0.6 is 0 Å². The Kier molecular flexibility index (Phi) is 11.3. The van der Waals surface area contributed by atoms with Crippen molar-refractivity contribution in [3.8, 4) is 50.7 Å². The van der Waals surface area contributed by atoms with Crippen molar-refractivity contribution in [2.75, 3.05) is 16.5 Å². The maximum absolute atomic E-state index is 7.29. The molecule has 4 aliphatic carbocycles. The minimum Gasteiger partial charge on any atom is -0.457 e. The molecule has 0 radical (unpaired) electrons. The molecule has 79 heavy (non-hydrogen) atoms. The third-order valence-electron chi connectivity index (χ3n) is 18.7. The normalized spacial score (nSPS) is 20.1. The highest BCUT2D eigenvalue weighted by atomic mass is 16.5. The SMILES string of the molecule is Cc1ccc(C2(c3ccnc(-n4c5ccccc5c5ccc(Oc6cc(-c7c(C)cc(C)cc7C)cc(N7CN(c8c(-c9ccccc9)cccc8-c8ccccc8)c8ccccc87)c6)cc54)c3)C3CC4CC(C3)CC2C4)cc1. The van der Waals surface area contributed by atoms with Crippen LogP contribution in [0.25, 0.3) is 61.0 Å². The van der Waals surface area contributed by atoms with E-state index in [1.54, 1.807) is 0 Å². The molecule has 4 saturated carbocycles. The number of benzene rings is 9. The van der Waals surface area contributed by atoms with Crippen LogP contribution in [0, 0.1) is 51.4 Å². The summed E-state index contributed by atoms with van der Waals surface area (Å²) in [5.74, 6) is 5.48. The summed E-state index contributed by atoms with van der Waals surface area (Å²) in [6.07, 6.45) is 8.79. The molecule has 16 rings (SSSR count). The van der Waals surface area contributed by atoms with Gasteiger partial charge in [-0.3, -0.25) is 4.57 Å². The standard InChI is InChI=1S/C74H64N4O/c1-47-26-28-56(29-27-47)74(58-37-51-36-52(39-58)40-59(74)38-51)57-32-33-75-71(43-57)78-67-23-12-11-20-65(67)66-31-30-61(45-70(66)78)79-62-42-55(72-49(3)34-48(2)35-50(72)4)41-60(44-62)76-46-77(69-25-14-13-24-68(69)76)73-63(53-16-7-5-8-17-53)21-15-22-64(73)54-18-9-6-10-19-54/h5-35,41-45,51-52,58-59H,36-40,46H2,1-4H3. The largest absolute Gasteiger partial charge is 0.457 e. The predicted molar refractivity (Wildman–Crippen MR) is 327 cm³/mol. The number of hydrogen-bond donors (Lipinski definition) is 0. The summed E-state index contributed by atoms with van der Waals surface area (Å²) in [5, 5.41) is 2.38. The second kappa shape index (κ2) is 18.8. The van der Waals surface area contributed by atoms with E-state index in [9.17, 15) is 0 Å². The fourth-order valence-electron chi connectivity index (χ4n) is 15.8. The quantitative estimate of drug-likeness (QED) is 0.137. The first-order valence-corrected chi connectivity index (χ1v) is 28.6. The van der Waals surface area contributed by atoms with Gasteiger partial charge in [-0.25, -0.2) is 4.98 Å². The fraction of sp³-hybridized carbons (Fsp3) is 0.203. The Hall–Kier alpha value is -8.67. The molecule has 0 spiro atoms. The summed E-state index contributed by atoms with van der Waals surface area (Å²) >= 11 is 0. The van der Waals surface area contributed by atoms with E-state index in [0.717, 1.165) is 62.8 Å². The average Bonchev–Trinajstić information content (AvgIpc) is 3.70.